The van der Waals surface area contributed by atoms with E-state index in [4.69, 9.17) is 0 Å². The second kappa shape index (κ2) is 4.00. The fourth-order valence-corrected chi connectivity index (χ4v) is 3.03. The summed E-state index contributed by atoms with van der Waals surface area (Å²) in [5, 5.41) is 0. The fourth-order valence-electron chi connectivity index (χ4n) is 3.03. The Labute approximate surface area is 82.5 Å². The minimum atomic E-state index is 0.907. The van der Waals surface area contributed by atoms with Crippen LogP contribution in [0.15, 0.2) is 0 Å². The molecule has 2 heterocycles. The van der Waals surface area contributed by atoms with E-state index in [-0.39, 0.29) is 0 Å². The van der Waals surface area contributed by atoms with E-state index >= 15 is 0 Å². The van der Waals surface area contributed by atoms with Crippen LogP contribution in [-0.2, 0) is 0 Å². The molecule has 2 rings (SSSR count). The summed E-state index contributed by atoms with van der Waals surface area (Å²) in [4.78, 5) is 2.74. The van der Waals surface area contributed by atoms with Crippen LogP contribution in [0.2, 0.25) is 0 Å². The molecule has 0 radical (unpaired) electrons. The molecule has 13 heavy (non-hydrogen) atoms. The third kappa shape index (κ3) is 2.07. The van der Waals surface area contributed by atoms with Crippen molar-refractivity contribution in [3.05, 3.63) is 0 Å². The number of rotatable bonds is 1. The van der Waals surface area contributed by atoms with Crippen LogP contribution in [0.5, 0.6) is 0 Å². The third-order valence-electron chi connectivity index (χ3n) is 4.05. The summed E-state index contributed by atoms with van der Waals surface area (Å²) in [5.41, 5.74) is 0. The largest absolute Gasteiger partial charge is 0.300 e. The minimum absolute atomic E-state index is 0.907. The molecule has 2 saturated heterocycles. The Balaban J connectivity index is 1.91. The predicted molar refractivity (Wildman–Crippen MR) is 56.8 cm³/mol. The highest BCUT2D eigenvalue weighted by molar-refractivity contribution is 4.85. The molecule has 0 aromatic rings. The summed E-state index contributed by atoms with van der Waals surface area (Å²) in [5.74, 6) is 1.92. The fraction of sp³-hybridized carbons (Fsp3) is 1.00. The van der Waals surface area contributed by atoms with Gasteiger partial charge in [0.25, 0.3) is 0 Å². The summed E-state index contributed by atoms with van der Waals surface area (Å²) in [6.45, 7) is 7.55. The van der Waals surface area contributed by atoms with Crippen molar-refractivity contribution < 1.29 is 0 Å². The molecule has 1 nitrogen and oxygen atoms in total. The van der Waals surface area contributed by atoms with Gasteiger partial charge in [-0.1, -0.05) is 20.3 Å². The van der Waals surface area contributed by atoms with Gasteiger partial charge in [-0.25, -0.2) is 0 Å². The zero-order valence-electron chi connectivity index (χ0n) is 9.13. The number of nitrogens with zero attached hydrogens (tertiary/aromatic N) is 1. The standard InChI is InChI=1S/C12H23N/c1-10(2)11-6-8-13-7-4-3-5-12(13)9-11/h10-12H,3-9H2,1-2H3. The second-order valence-electron chi connectivity index (χ2n) is 5.21. The Hall–Kier alpha value is -0.0400. The zero-order valence-corrected chi connectivity index (χ0v) is 9.13. The molecule has 0 aliphatic carbocycles. The zero-order chi connectivity index (χ0) is 9.26. The lowest BCUT2D eigenvalue weighted by Crippen LogP contribution is -2.46. The molecule has 0 aromatic carbocycles. The number of piperidine rings is 2. The lowest BCUT2D eigenvalue weighted by Gasteiger charge is -2.43. The summed E-state index contributed by atoms with van der Waals surface area (Å²) in [6.07, 6.45) is 7.34. The summed E-state index contributed by atoms with van der Waals surface area (Å²) >= 11 is 0. The molecule has 76 valence electrons. The smallest absolute Gasteiger partial charge is 0.00980 e. The van der Waals surface area contributed by atoms with E-state index in [1.165, 1.54) is 45.2 Å². The Morgan fingerprint density at radius 1 is 1.08 bits per heavy atom. The average Bonchev–Trinajstić information content (AvgIpc) is 2.17. The molecule has 0 bridgehead atoms. The van der Waals surface area contributed by atoms with E-state index in [9.17, 15) is 0 Å². The van der Waals surface area contributed by atoms with Gasteiger partial charge in [0.1, 0.15) is 0 Å². The van der Waals surface area contributed by atoms with Crippen LogP contribution in [0, 0.1) is 11.8 Å². The van der Waals surface area contributed by atoms with Gasteiger partial charge in [0.05, 0.1) is 0 Å². The quantitative estimate of drug-likeness (QED) is 0.601. The molecular formula is C12H23N. The van der Waals surface area contributed by atoms with Gasteiger partial charge in [0.2, 0.25) is 0 Å². The molecule has 2 fully saturated rings. The van der Waals surface area contributed by atoms with Gasteiger partial charge in [-0.2, -0.15) is 0 Å². The second-order valence-corrected chi connectivity index (χ2v) is 5.21. The normalized spacial score (nSPS) is 36.2. The molecule has 0 spiro atoms. The van der Waals surface area contributed by atoms with Gasteiger partial charge >= 0.3 is 0 Å². The molecular weight excluding hydrogens is 158 g/mol. The van der Waals surface area contributed by atoms with Gasteiger partial charge in [-0.3, -0.25) is 0 Å². The van der Waals surface area contributed by atoms with Crippen molar-refractivity contribution in [1.82, 2.24) is 4.90 Å². The Morgan fingerprint density at radius 3 is 2.69 bits per heavy atom. The van der Waals surface area contributed by atoms with Gasteiger partial charge in [-0.05, 0) is 50.6 Å². The maximum atomic E-state index is 2.74. The predicted octanol–water partition coefficient (Wildman–Crippen LogP) is 2.91. The topological polar surface area (TPSA) is 3.24 Å². The van der Waals surface area contributed by atoms with E-state index in [2.05, 4.69) is 18.7 Å². The highest BCUT2D eigenvalue weighted by Crippen LogP contribution is 2.32. The molecule has 2 aliphatic rings. The van der Waals surface area contributed by atoms with Crippen LogP contribution >= 0.6 is 0 Å². The SMILES string of the molecule is CC(C)C1CCN2CCCCC2C1. The van der Waals surface area contributed by atoms with Crippen LogP contribution in [0.1, 0.15) is 46.0 Å². The third-order valence-corrected chi connectivity index (χ3v) is 4.05. The molecule has 0 N–H and O–H groups in total. The van der Waals surface area contributed by atoms with Gasteiger partial charge in [0, 0.05) is 6.04 Å². The molecule has 2 unspecified atom stereocenters. The average molecular weight is 181 g/mol. The maximum absolute atomic E-state index is 2.74. The Morgan fingerprint density at radius 2 is 1.92 bits per heavy atom. The van der Waals surface area contributed by atoms with E-state index < -0.39 is 0 Å². The van der Waals surface area contributed by atoms with E-state index in [0.29, 0.717) is 0 Å². The summed E-state index contributed by atoms with van der Waals surface area (Å²) < 4.78 is 0. The van der Waals surface area contributed by atoms with Gasteiger partial charge in [0.15, 0.2) is 0 Å². The number of hydrogen-bond acceptors (Lipinski definition) is 1. The lowest BCUT2D eigenvalue weighted by atomic mass is 9.80. The highest BCUT2D eigenvalue weighted by atomic mass is 15.2. The van der Waals surface area contributed by atoms with Crippen LogP contribution < -0.4 is 0 Å². The van der Waals surface area contributed by atoms with Gasteiger partial charge < -0.3 is 4.90 Å². The van der Waals surface area contributed by atoms with Crippen molar-refractivity contribution in [2.24, 2.45) is 11.8 Å². The van der Waals surface area contributed by atoms with Crippen molar-refractivity contribution in [2.45, 2.75) is 52.0 Å². The highest BCUT2D eigenvalue weighted by Gasteiger charge is 2.30. The van der Waals surface area contributed by atoms with Crippen molar-refractivity contribution >= 4 is 0 Å². The molecule has 2 aliphatic heterocycles. The van der Waals surface area contributed by atoms with E-state index in [1.807, 2.05) is 0 Å². The first-order valence-corrected chi connectivity index (χ1v) is 6.01. The first-order chi connectivity index (χ1) is 6.27. The van der Waals surface area contributed by atoms with Crippen LogP contribution in [0.25, 0.3) is 0 Å². The van der Waals surface area contributed by atoms with Crippen molar-refractivity contribution in [2.75, 3.05) is 13.1 Å². The van der Waals surface area contributed by atoms with Crippen molar-refractivity contribution in [3.8, 4) is 0 Å². The number of hydrogen-bond donors (Lipinski definition) is 0. The van der Waals surface area contributed by atoms with E-state index in [0.717, 1.165) is 17.9 Å². The van der Waals surface area contributed by atoms with E-state index in [1.54, 1.807) is 0 Å². The molecule has 1 heteroatoms. The minimum Gasteiger partial charge on any atom is -0.300 e. The molecule has 0 aromatic heterocycles. The maximum Gasteiger partial charge on any atom is 0.00980 e. The van der Waals surface area contributed by atoms with Crippen LogP contribution in [0.3, 0.4) is 0 Å². The summed E-state index contributed by atoms with van der Waals surface area (Å²) in [6, 6.07) is 0.954. The Bertz CT molecular complexity index is 165. The Kier molecular flexibility index (Phi) is 2.92. The lowest BCUT2D eigenvalue weighted by molar-refractivity contribution is 0.0642. The van der Waals surface area contributed by atoms with Crippen LogP contribution in [0.4, 0.5) is 0 Å². The van der Waals surface area contributed by atoms with Crippen LogP contribution in [-0.4, -0.2) is 24.0 Å². The molecule has 2 atom stereocenters. The van der Waals surface area contributed by atoms with Gasteiger partial charge in [-0.15, -0.1) is 0 Å². The number of fused-ring (bicyclic) bond motifs is 1. The van der Waals surface area contributed by atoms with Crippen molar-refractivity contribution in [3.63, 3.8) is 0 Å². The molecule has 0 saturated carbocycles. The molecule has 0 amide bonds. The van der Waals surface area contributed by atoms with Crippen molar-refractivity contribution in [1.29, 1.82) is 0 Å². The first kappa shape index (κ1) is 9.51. The summed E-state index contributed by atoms with van der Waals surface area (Å²) in [7, 11) is 0. The first-order valence-electron chi connectivity index (χ1n) is 6.01. The monoisotopic (exact) mass is 181 g/mol.